The molecule has 3 aromatic rings. The highest BCUT2D eigenvalue weighted by Crippen LogP contribution is 2.36. The lowest BCUT2D eigenvalue weighted by atomic mass is 9.97. The first-order valence-electron chi connectivity index (χ1n) is 7.07. The summed E-state index contributed by atoms with van der Waals surface area (Å²) in [7, 11) is 1.96. The number of benzene rings is 1. The third-order valence-corrected chi connectivity index (χ3v) is 4.01. The minimum absolute atomic E-state index is 0.0414. The van der Waals surface area contributed by atoms with Crippen LogP contribution >= 0.6 is 0 Å². The SMILES string of the molecule is CNC(c1cccc2c1OCC2)c1cnn2ccncc12. The topological polar surface area (TPSA) is 51.5 Å². The summed E-state index contributed by atoms with van der Waals surface area (Å²) in [5.41, 5.74) is 4.55. The molecule has 0 amide bonds. The Morgan fingerprint density at radius 3 is 3.14 bits per heavy atom. The molecule has 0 saturated carbocycles. The summed E-state index contributed by atoms with van der Waals surface area (Å²) < 4.78 is 7.68. The van der Waals surface area contributed by atoms with Gasteiger partial charge in [-0.15, -0.1) is 0 Å². The molecule has 1 aromatic carbocycles. The quantitative estimate of drug-likeness (QED) is 0.797. The second kappa shape index (κ2) is 4.86. The third-order valence-electron chi connectivity index (χ3n) is 4.01. The molecular formula is C16H16N4O. The van der Waals surface area contributed by atoms with Crippen LogP contribution in [0.1, 0.15) is 22.7 Å². The number of hydrogen-bond acceptors (Lipinski definition) is 4. The fourth-order valence-corrected chi connectivity index (χ4v) is 3.02. The molecule has 1 unspecified atom stereocenters. The summed E-state index contributed by atoms with van der Waals surface area (Å²) in [5.74, 6) is 1.01. The molecule has 2 aromatic heterocycles. The van der Waals surface area contributed by atoms with E-state index in [4.69, 9.17) is 4.74 Å². The van der Waals surface area contributed by atoms with Crippen LogP contribution in [0, 0.1) is 0 Å². The van der Waals surface area contributed by atoms with Crippen LogP contribution < -0.4 is 10.1 Å². The van der Waals surface area contributed by atoms with Crippen LogP contribution in [0.15, 0.2) is 43.0 Å². The van der Waals surface area contributed by atoms with Gasteiger partial charge < -0.3 is 10.1 Å². The zero-order valence-corrected chi connectivity index (χ0v) is 11.8. The molecule has 5 nitrogen and oxygen atoms in total. The molecule has 0 radical (unpaired) electrons. The summed E-state index contributed by atoms with van der Waals surface area (Å²) in [4.78, 5) is 4.21. The summed E-state index contributed by atoms with van der Waals surface area (Å²) in [5, 5.41) is 7.78. The molecule has 0 saturated heterocycles. The van der Waals surface area contributed by atoms with Gasteiger partial charge in [-0.3, -0.25) is 4.98 Å². The first-order chi connectivity index (χ1) is 10.4. The zero-order chi connectivity index (χ0) is 14.2. The van der Waals surface area contributed by atoms with E-state index in [1.165, 1.54) is 5.56 Å². The Hall–Kier alpha value is -2.40. The van der Waals surface area contributed by atoms with Gasteiger partial charge in [-0.05, 0) is 12.6 Å². The first kappa shape index (κ1) is 12.3. The number of hydrogen-bond donors (Lipinski definition) is 1. The molecule has 106 valence electrons. The highest BCUT2D eigenvalue weighted by atomic mass is 16.5. The van der Waals surface area contributed by atoms with E-state index in [0.717, 1.165) is 35.4 Å². The van der Waals surface area contributed by atoms with E-state index < -0.39 is 0 Å². The van der Waals surface area contributed by atoms with E-state index in [-0.39, 0.29) is 6.04 Å². The molecule has 1 N–H and O–H groups in total. The molecule has 0 bridgehead atoms. The van der Waals surface area contributed by atoms with Crippen molar-refractivity contribution in [3.05, 3.63) is 59.7 Å². The van der Waals surface area contributed by atoms with Crippen molar-refractivity contribution in [3.63, 3.8) is 0 Å². The van der Waals surface area contributed by atoms with E-state index in [1.54, 1.807) is 6.20 Å². The highest BCUT2D eigenvalue weighted by molar-refractivity contribution is 5.58. The van der Waals surface area contributed by atoms with Crippen molar-refractivity contribution in [2.45, 2.75) is 12.5 Å². The van der Waals surface area contributed by atoms with Crippen LogP contribution in [0.4, 0.5) is 0 Å². The third kappa shape index (κ3) is 1.89. The number of aromatic nitrogens is 3. The van der Waals surface area contributed by atoms with Crippen LogP contribution in [-0.2, 0) is 6.42 Å². The predicted molar refractivity (Wildman–Crippen MR) is 79.5 cm³/mol. The predicted octanol–water partition coefficient (Wildman–Crippen LogP) is 1.97. The average Bonchev–Trinajstić information content (AvgIpc) is 3.15. The Morgan fingerprint density at radius 2 is 2.24 bits per heavy atom. The van der Waals surface area contributed by atoms with Crippen molar-refractivity contribution in [2.75, 3.05) is 13.7 Å². The maximum absolute atomic E-state index is 5.84. The second-order valence-corrected chi connectivity index (χ2v) is 5.16. The maximum atomic E-state index is 5.84. The van der Waals surface area contributed by atoms with Gasteiger partial charge in [-0.25, -0.2) is 4.52 Å². The first-order valence-corrected chi connectivity index (χ1v) is 7.07. The van der Waals surface area contributed by atoms with Gasteiger partial charge >= 0.3 is 0 Å². The largest absolute Gasteiger partial charge is 0.493 e. The Labute approximate surface area is 122 Å². The van der Waals surface area contributed by atoms with Crippen molar-refractivity contribution in [1.29, 1.82) is 0 Å². The highest BCUT2D eigenvalue weighted by Gasteiger charge is 2.24. The minimum Gasteiger partial charge on any atom is -0.493 e. The van der Waals surface area contributed by atoms with Crippen molar-refractivity contribution < 1.29 is 4.74 Å². The Bertz CT molecular complexity index is 796. The van der Waals surface area contributed by atoms with Crippen molar-refractivity contribution in [3.8, 4) is 5.75 Å². The van der Waals surface area contributed by atoms with E-state index in [2.05, 4.69) is 33.6 Å². The van der Waals surface area contributed by atoms with Crippen LogP contribution in [0.2, 0.25) is 0 Å². The summed E-state index contributed by atoms with van der Waals surface area (Å²) >= 11 is 0. The maximum Gasteiger partial charge on any atom is 0.127 e. The Balaban J connectivity index is 1.88. The molecular weight excluding hydrogens is 264 g/mol. The normalized spacial score (nSPS) is 14.9. The molecule has 4 rings (SSSR count). The number of fused-ring (bicyclic) bond motifs is 2. The minimum atomic E-state index is 0.0414. The Morgan fingerprint density at radius 1 is 1.29 bits per heavy atom. The van der Waals surface area contributed by atoms with E-state index >= 15 is 0 Å². The molecule has 3 heterocycles. The van der Waals surface area contributed by atoms with Crippen LogP contribution in [0.25, 0.3) is 5.52 Å². The lowest BCUT2D eigenvalue weighted by Gasteiger charge is -2.18. The summed E-state index contributed by atoms with van der Waals surface area (Å²) in [6.45, 7) is 0.763. The monoisotopic (exact) mass is 280 g/mol. The molecule has 5 heteroatoms. The fraction of sp³-hybridized carbons (Fsp3) is 0.250. The number of nitrogens with zero attached hydrogens (tertiary/aromatic N) is 3. The summed E-state index contributed by atoms with van der Waals surface area (Å²) in [6.07, 6.45) is 8.32. The van der Waals surface area contributed by atoms with Crippen molar-refractivity contribution in [2.24, 2.45) is 0 Å². The number of nitrogens with one attached hydrogen (secondary N) is 1. The van der Waals surface area contributed by atoms with Gasteiger partial charge in [0.2, 0.25) is 0 Å². The van der Waals surface area contributed by atoms with Gasteiger partial charge in [0, 0.05) is 29.9 Å². The zero-order valence-electron chi connectivity index (χ0n) is 11.8. The van der Waals surface area contributed by atoms with E-state index in [9.17, 15) is 0 Å². The molecule has 21 heavy (non-hydrogen) atoms. The molecule has 0 spiro atoms. The van der Waals surface area contributed by atoms with Crippen molar-refractivity contribution >= 4 is 5.52 Å². The lowest BCUT2D eigenvalue weighted by Crippen LogP contribution is -2.18. The van der Waals surface area contributed by atoms with E-state index in [1.807, 2.05) is 30.2 Å². The lowest BCUT2D eigenvalue weighted by molar-refractivity contribution is 0.351. The van der Waals surface area contributed by atoms with Gasteiger partial charge in [0.15, 0.2) is 0 Å². The van der Waals surface area contributed by atoms with Gasteiger partial charge in [0.1, 0.15) is 5.75 Å². The number of rotatable bonds is 3. The standard InChI is InChI=1S/C16H16N4O/c1-17-15(12-4-2-3-11-5-8-21-16(11)12)13-9-19-20-7-6-18-10-14(13)20/h2-4,6-7,9-10,15,17H,5,8H2,1H3. The fourth-order valence-electron chi connectivity index (χ4n) is 3.02. The van der Waals surface area contributed by atoms with Gasteiger partial charge in [-0.2, -0.15) is 5.10 Å². The molecule has 0 aliphatic carbocycles. The van der Waals surface area contributed by atoms with Crippen molar-refractivity contribution in [1.82, 2.24) is 19.9 Å². The molecule has 0 fully saturated rings. The van der Waals surface area contributed by atoms with Gasteiger partial charge in [0.05, 0.1) is 30.6 Å². The summed E-state index contributed by atoms with van der Waals surface area (Å²) in [6, 6.07) is 6.39. The smallest absolute Gasteiger partial charge is 0.127 e. The van der Waals surface area contributed by atoms with Crippen LogP contribution in [0.5, 0.6) is 5.75 Å². The number of ether oxygens (including phenoxy) is 1. The van der Waals surface area contributed by atoms with Crippen LogP contribution in [0.3, 0.4) is 0 Å². The molecule has 1 aliphatic heterocycles. The second-order valence-electron chi connectivity index (χ2n) is 5.16. The van der Waals surface area contributed by atoms with Gasteiger partial charge in [-0.1, -0.05) is 18.2 Å². The van der Waals surface area contributed by atoms with Gasteiger partial charge in [0.25, 0.3) is 0 Å². The molecule has 1 aliphatic rings. The number of para-hydroxylation sites is 1. The van der Waals surface area contributed by atoms with E-state index in [0.29, 0.717) is 0 Å². The average molecular weight is 280 g/mol. The Kier molecular flexibility index (Phi) is 2.86. The van der Waals surface area contributed by atoms with Crippen LogP contribution in [-0.4, -0.2) is 28.3 Å². The molecule has 1 atom stereocenters.